The molecule has 1 fully saturated rings. The third kappa shape index (κ3) is 2.83. The molecule has 3 N–H and O–H groups in total. The van der Waals surface area contributed by atoms with Crippen LogP contribution in [-0.4, -0.2) is 39.3 Å². The van der Waals surface area contributed by atoms with Crippen molar-refractivity contribution in [1.82, 2.24) is 4.90 Å². The van der Waals surface area contributed by atoms with Gasteiger partial charge in [-0.3, -0.25) is 9.69 Å². The summed E-state index contributed by atoms with van der Waals surface area (Å²) in [6.45, 7) is 5.14. The molecule has 1 atom stereocenters. The summed E-state index contributed by atoms with van der Waals surface area (Å²) in [5.41, 5.74) is -0.117. The molecule has 5 heteroatoms. The van der Waals surface area contributed by atoms with Crippen molar-refractivity contribution in [2.24, 2.45) is 5.41 Å². The Morgan fingerprint density at radius 2 is 1.81 bits per heavy atom. The van der Waals surface area contributed by atoms with Gasteiger partial charge in [0.25, 0.3) is 0 Å². The molecule has 1 heterocycles. The average Bonchev–Trinajstić information content (AvgIpc) is 2.46. The van der Waals surface area contributed by atoms with Gasteiger partial charge in [0.05, 0.1) is 11.0 Å². The van der Waals surface area contributed by atoms with Gasteiger partial charge >= 0.3 is 5.97 Å². The van der Waals surface area contributed by atoms with Gasteiger partial charge in [-0.1, -0.05) is 13.0 Å². The standard InChI is InChI=1S/C16H23NO4/c1-3-16(15(20)21)7-9-17(10-8-16)11(2)14-12(18)5-4-6-13(14)19/h4-6,11,18-19H,3,7-10H2,1-2H3,(H,20,21). The van der Waals surface area contributed by atoms with Gasteiger partial charge in [0.2, 0.25) is 0 Å². The lowest BCUT2D eigenvalue weighted by molar-refractivity contribution is -0.152. The van der Waals surface area contributed by atoms with E-state index in [1.165, 1.54) is 0 Å². The van der Waals surface area contributed by atoms with Gasteiger partial charge in [-0.25, -0.2) is 0 Å². The summed E-state index contributed by atoms with van der Waals surface area (Å²) in [6, 6.07) is 4.57. The van der Waals surface area contributed by atoms with Crippen LogP contribution in [-0.2, 0) is 4.79 Å². The number of nitrogens with zero attached hydrogens (tertiary/aromatic N) is 1. The second kappa shape index (κ2) is 5.93. The first kappa shape index (κ1) is 15.6. The Morgan fingerprint density at radius 1 is 1.29 bits per heavy atom. The zero-order valence-electron chi connectivity index (χ0n) is 12.5. The number of aliphatic carboxylic acids is 1. The van der Waals surface area contributed by atoms with Crippen LogP contribution in [0.1, 0.15) is 44.7 Å². The van der Waals surface area contributed by atoms with Crippen molar-refractivity contribution in [2.75, 3.05) is 13.1 Å². The maximum absolute atomic E-state index is 11.5. The SMILES string of the molecule is CCC1(C(=O)O)CCN(C(C)c2c(O)cccc2O)CC1. The highest BCUT2D eigenvalue weighted by Crippen LogP contribution is 2.41. The Morgan fingerprint density at radius 3 is 2.24 bits per heavy atom. The average molecular weight is 293 g/mol. The van der Waals surface area contributed by atoms with Crippen LogP contribution >= 0.6 is 0 Å². The summed E-state index contributed by atoms with van der Waals surface area (Å²) in [5, 5.41) is 29.3. The molecule has 116 valence electrons. The van der Waals surface area contributed by atoms with Crippen LogP contribution in [0.4, 0.5) is 0 Å². The van der Waals surface area contributed by atoms with E-state index in [1.807, 2.05) is 13.8 Å². The number of hydrogen-bond acceptors (Lipinski definition) is 4. The Hall–Kier alpha value is -1.75. The van der Waals surface area contributed by atoms with Crippen LogP contribution < -0.4 is 0 Å². The number of carbonyl (C=O) groups is 1. The minimum atomic E-state index is -0.720. The normalized spacial score (nSPS) is 20.1. The van der Waals surface area contributed by atoms with Gasteiger partial charge in [-0.15, -0.1) is 0 Å². The number of phenols is 2. The first-order chi connectivity index (χ1) is 9.91. The van der Waals surface area contributed by atoms with E-state index in [1.54, 1.807) is 18.2 Å². The van der Waals surface area contributed by atoms with Crippen molar-refractivity contribution < 1.29 is 20.1 Å². The molecule has 1 aliphatic heterocycles. The third-order valence-electron chi connectivity index (χ3n) is 4.91. The van der Waals surface area contributed by atoms with Crippen molar-refractivity contribution >= 4 is 5.97 Å². The lowest BCUT2D eigenvalue weighted by Crippen LogP contribution is -2.44. The molecule has 1 aromatic carbocycles. The molecule has 1 aromatic rings. The summed E-state index contributed by atoms with van der Waals surface area (Å²) in [6.07, 6.45) is 1.82. The van der Waals surface area contributed by atoms with E-state index in [0.29, 0.717) is 37.9 Å². The van der Waals surface area contributed by atoms with E-state index in [9.17, 15) is 20.1 Å². The maximum atomic E-state index is 11.5. The number of carboxylic acid groups (broad SMARTS) is 1. The number of aromatic hydroxyl groups is 2. The fraction of sp³-hybridized carbons (Fsp3) is 0.562. The van der Waals surface area contributed by atoms with Crippen LogP contribution in [0.3, 0.4) is 0 Å². The molecule has 0 radical (unpaired) electrons. The van der Waals surface area contributed by atoms with Crippen LogP contribution in [0.25, 0.3) is 0 Å². The molecule has 0 saturated carbocycles. The number of piperidine rings is 1. The molecule has 1 unspecified atom stereocenters. The second-order valence-corrected chi connectivity index (χ2v) is 5.86. The molecule has 1 saturated heterocycles. The first-order valence-corrected chi connectivity index (χ1v) is 7.39. The highest BCUT2D eigenvalue weighted by molar-refractivity contribution is 5.74. The Labute approximate surface area is 124 Å². The largest absolute Gasteiger partial charge is 0.507 e. The third-order valence-corrected chi connectivity index (χ3v) is 4.91. The summed E-state index contributed by atoms with van der Waals surface area (Å²) in [7, 11) is 0. The van der Waals surface area contributed by atoms with E-state index < -0.39 is 11.4 Å². The van der Waals surface area contributed by atoms with Crippen molar-refractivity contribution in [1.29, 1.82) is 0 Å². The molecule has 2 rings (SSSR count). The molecule has 0 aromatic heterocycles. The molecular weight excluding hydrogens is 270 g/mol. The smallest absolute Gasteiger partial charge is 0.309 e. The molecular formula is C16H23NO4. The minimum Gasteiger partial charge on any atom is -0.507 e. The number of benzene rings is 1. The van der Waals surface area contributed by atoms with E-state index in [-0.39, 0.29) is 17.5 Å². The predicted octanol–water partition coefficient (Wildman–Crippen LogP) is 2.74. The molecule has 0 aliphatic carbocycles. The van der Waals surface area contributed by atoms with Crippen molar-refractivity contribution in [3.05, 3.63) is 23.8 Å². The molecule has 0 bridgehead atoms. The van der Waals surface area contributed by atoms with E-state index in [4.69, 9.17) is 0 Å². The van der Waals surface area contributed by atoms with Gasteiger partial charge in [-0.2, -0.15) is 0 Å². The monoisotopic (exact) mass is 293 g/mol. The van der Waals surface area contributed by atoms with Gasteiger partial charge < -0.3 is 15.3 Å². The van der Waals surface area contributed by atoms with Crippen molar-refractivity contribution in [3.63, 3.8) is 0 Å². The summed E-state index contributed by atoms with van der Waals surface area (Å²) >= 11 is 0. The first-order valence-electron chi connectivity index (χ1n) is 7.39. The lowest BCUT2D eigenvalue weighted by atomic mass is 9.76. The molecule has 0 spiro atoms. The zero-order valence-corrected chi connectivity index (χ0v) is 12.5. The molecule has 21 heavy (non-hydrogen) atoms. The van der Waals surface area contributed by atoms with Gasteiger partial charge in [-0.05, 0) is 51.4 Å². The Bertz CT molecular complexity index is 501. The van der Waals surface area contributed by atoms with Crippen LogP contribution in [0, 0.1) is 5.41 Å². The van der Waals surface area contributed by atoms with Gasteiger partial charge in [0, 0.05) is 6.04 Å². The molecule has 0 amide bonds. The number of hydrogen-bond donors (Lipinski definition) is 3. The van der Waals surface area contributed by atoms with Gasteiger partial charge in [0.1, 0.15) is 11.5 Å². The van der Waals surface area contributed by atoms with Crippen LogP contribution in [0.5, 0.6) is 11.5 Å². The second-order valence-electron chi connectivity index (χ2n) is 5.86. The Kier molecular flexibility index (Phi) is 4.42. The van der Waals surface area contributed by atoms with E-state index in [2.05, 4.69) is 4.90 Å². The van der Waals surface area contributed by atoms with Crippen LogP contribution in [0.2, 0.25) is 0 Å². The molecule has 5 nitrogen and oxygen atoms in total. The van der Waals surface area contributed by atoms with Crippen molar-refractivity contribution in [2.45, 2.75) is 39.2 Å². The Balaban J connectivity index is 2.14. The van der Waals surface area contributed by atoms with Gasteiger partial charge in [0.15, 0.2) is 0 Å². The number of likely N-dealkylation sites (tertiary alicyclic amines) is 1. The number of carboxylic acids is 1. The summed E-state index contributed by atoms with van der Waals surface area (Å²) in [4.78, 5) is 13.6. The summed E-state index contributed by atoms with van der Waals surface area (Å²) < 4.78 is 0. The van der Waals surface area contributed by atoms with E-state index >= 15 is 0 Å². The van der Waals surface area contributed by atoms with Crippen LogP contribution in [0.15, 0.2) is 18.2 Å². The number of phenolic OH excluding ortho intramolecular Hbond substituents is 2. The van der Waals surface area contributed by atoms with E-state index in [0.717, 1.165) is 0 Å². The topological polar surface area (TPSA) is 81.0 Å². The lowest BCUT2D eigenvalue weighted by Gasteiger charge is -2.41. The minimum absolute atomic E-state index is 0.0769. The number of rotatable bonds is 4. The highest BCUT2D eigenvalue weighted by Gasteiger charge is 2.41. The quantitative estimate of drug-likeness (QED) is 0.795. The highest BCUT2D eigenvalue weighted by atomic mass is 16.4. The fourth-order valence-corrected chi connectivity index (χ4v) is 3.21. The fourth-order valence-electron chi connectivity index (χ4n) is 3.21. The molecule has 1 aliphatic rings. The summed E-state index contributed by atoms with van der Waals surface area (Å²) in [5.74, 6) is -0.566. The zero-order chi connectivity index (χ0) is 15.6. The van der Waals surface area contributed by atoms with Crippen molar-refractivity contribution in [3.8, 4) is 11.5 Å². The maximum Gasteiger partial charge on any atom is 0.309 e. The predicted molar refractivity (Wildman–Crippen MR) is 79.4 cm³/mol.